The number of aliphatic hydroxyl groups is 1. The van der Waals surface area contributed by atoms with Crippen molar-refractivity contribution >= 4 is 17.4 Å². The van der Waals surface area contributed by atoms with Crippen LogP contribution < -0.4 is 5.32 Å². The first-order chi connectivity index (χ1) is 10.9. The summed E-state index contributed by atoms with van der Waals surface area (Å²) < 4.78 is 0. The molecule has 6 heteroatoms. The van der Waals surface area contributed by atoms with Crippen LogP contribution >= 0.6 is 11.3 Å². The molecule has 1 atom stereocenters. The number of carbonyl (C=O) groups excluding carboxylic acids is 1. The fraction of sp³-hybridized carbons (Fsp3) is 0.706. The molecule has 5 nitrogen and oxygen atoms in total. The molecule has 2 rings (SSSR count). The number of thiophene rings is 1. The average Bonchev–Trinajstić information content (AvgIpc) is 3.15. The topological polar surface area (TPSA) is 55.8 Å². The predicted octanol–water partition coefficient (Wildman–Crippen LogP) is 2.37. The molecule has 1 saturated heterocycles. The number of hydrogen-bond donors (Lipinski definition) is 2. The van der Waals surface area contributed by atoms with Crippen molar-refractivity contribution in [2.45, 2.75) is 39.3 Å². The fourth-order valence-corrected chi connectivity index (χ4v) is 3.64. The van der Waals surface area contributed by atoms with Crippen molar-refractivity contribution in [3.63, 3.8) is 0 Å². The van der Waals surface area contributed by atoms with Crippen LogP contribution in [-0.2, 0) is 6.54 Å². The molecule has 130 valence electrons. The number of nitrogens with zero attached hydrogens (tertiary/aromatic N) is 2. The Morgan fingerprint density at radius 2 is 2.30 bits per heavy atom. The van der Waals surface area contributed by atoms with E-state index in [1.165, 1.54) is 0 Å². The molecule has 0 aromatic carbocycles. The molecule has 0 radical (unpaired) electrons. The van der Waals surface area contributed by atoms with Crippen molar-refractivity contribution in [2.75, 3.05) is 32.8 Å². The molecule has 1 unspecified atom stereocenters. The summed E-state index contributed by atoms with van der Waals surface area (Å²) in [4.78, 5) is 17.7. The van der Waals surface area contributed by atoms with Crippen LogP contribution in [0.15, 0.2) is 17.5 Å². The molecule has 1 aromatic rings. The second-order valence-corrected chi connectivity index (χ2v) is 8.21. The van der Waals surface area contributed by atoms with E-state index in [0.717, 1.165) is 24.4 Å². The zero-order valence-corrected chi connectivity index (χ0v) is 15.2. The maximum absolute atomic E-state index is 12.4. The van der Waals surface area contributed by atoms with Gasteiger partial charge in [0.25, 0.3) is 0 Å². The number of hydrogen-bond acceptors (Lipinski definition) is 4. The van der Waals surface area contributed by atoms with Crippen LogP contribution in [0.4, 0.5) is 4.79 Å². The molecule has 0 saturated carbocycles. The number of carbonyl (C=O) groups is 1. The average molecular weight is 340 g/mol. The quantitative estimate of drug-likeness (QED) is 0.837. The van der Waals surface area contributed by atoms with Crippen LogP contribution in [0, 0.1) is 5.92 Å². The maximum atomic E-state index is 12.4. The molecule has 2 amide bonds. The summed E-state index contributed by atoms with van der Waals surface area (Å²) >= 11 is 1.63. The Hall–Kier alpha value is -1.11. The van der Waals surface area contributed by atoms with Gasteiger partial charge in [0.15, 0.2) is 0 Å². The van der Waals surface area contributed by atoms with Crippen LogP contribution in [0.1, 0.15) is 32.1 Å². The number of nitrogens with one attached hydrogen (secondary N) is 1. The Morgan fingerprint density at radius 1 is 1.52 bits per heavy atom. The van der Waals surface area contributed by atoms with E-state index in [9.17, 15) is 9.90 Å². The Morgan fingerprint density at radius 3 is 2.87 bits per heavy atom. The van der Waals surface area contributed by atoms with Crippen LogP contribution in [0.3, 0.4) is 0 Å². The molecule has 23 heavy (non-hydrogen) atoms. The van der Waals surface area contributed by atoms with Gasteiger partial charge >= 0.3 is 6.03 Å². The van der Waals surface area contributed by atoms with Gasteiger partial charge in [-0.2, -0.15) is 0 Å². The predicted molar refractivity (Wildman–Crippen MR) is 94.6 cm³/mol. The van der Waals surface area contributed by atoms with Gasteiger partial charge in [-0.3, -0.25) is 4.90 Å². The second-order valence-electron chi connectivity index (χ2n) is 7.18. The van der Waals surface area contributed by atoms with Gasteiger partial charge in [0.05, 0.1) is 13.2 Å². The molecule has 0 bridgehead atoms. The standard InChI is InChI=1S/C17H29N3O2S/c1-17(2,3)20-7-6-14(12-20)11-18-16(22)19(8-9-21)13-15-5-4-10-23-15/h4-5,10,14,21H,6-9,11-13H2,1-3H3,(H,18,22). The van der Waals surface area contributed by atoms with Crippen molar-refractivity contribution in [1.29, 1.82) is 0 Å². The number of likely N-dealkylation sites (tertiary alicyclic amines) is 1. The zero-order chi connectivity index (χ0) is 16.9. The first-order valence-electron chi connectivity index (χ1n) is 8.31. The summed E-state index contributed by atoms with van der Waals surface area (Å²) in [6.07, 6.45) is 1.13. The summed E-state index contributed by atoms with van der Waals surface area (Å²) in [7, 11) is 0. The summed E-state index contributed by atoms with van der Waals surface area (Å²) in [6, 6.07) is 3.91. The van der Waals surface area contributed by atoms with Crippen LogP contribution in [0.25, 0.3) is 0 Å². The third-order valence-corrected chi connectivity index (χ3v) is 5.22. The van der Waals surface area contributed by atoms with E-state index in [2.05, 4.69) is 31.0 Å². The smallest absolute Gasteiger partial charge is 0.317 e. The highest BCUT2D eigenvalue weighted by Gasteiger charge is 2.30. The van der Waals surface area contributed by atoms with Crippen LogP contribution in [0.5, 0.6) is 0 Å². The zero-order valence-electron chi connectivity index (χ0n) is 14.4. The molecule has 2 N–H and O–H groups in total. The first kappa shape index (κ1) is 18.2. The molecule has 1 aromatic heterocycles. The maximum Gasteiger partial charge on any atom is 0.317 e. The lowest BCUT2D eigenvalue weighted by atomic mass is 10.1. The molecule has 1 fully saturated rings. The lowest BCUT2D eigenvalue weighted by Gasteiger charge is -2.31. The summed E-state index contributed by atoms with van der Waals surface area (Å²) in [5.41, 5.74) is 0.195. The van der Waals surface area contributed by atoms with Crippen molar-refractivity contribution in [3.05, 3.63) is 22.4 Å². The van der Waals surface area contributed by atoms with Crippen molar-refractivity contribution in [2.24, 2.45) is 5.92 Å². The highest BCUT2D eigenvalue weighted by atomic mass is 32.1. The van der Waals surface area contributed by atoms with Crippen molar-refractivity contribution in [1.82, 2.24) is 15.1 Å². The Labute approximate surface area is 143 Å². The largest absolute Gasteiger partial charge is 0.395 e. The SMILES string of the molecule is CC(C)(C)N1CCC(CNC(=O)N(CCO)Cc2cccs2)C1. The fourth-order valence-electron chi connectivity index (χ4n) is 2.92. The number of amides is 2. The number of aliphatic hydroxyl groups excluding tert-OH is 1. The van der Waals surface area contributed by atoms with Gasteiger partial charge in [-0.25, -0.2) is 4.79 Å². The van der Waals surface area contributed by atoms with Gasteiger partial charge in [0.2, 0.25) is 0 Å². The normalized spacial score (nSPS) is 19.0. The van der Waals surface area contributed by atoms with E-state index in [1.54, 1.807) is 16.2 Å². The van der Waals surface area contributed by atoms with Gasteiger partial charge in [-0.15, -0.1) is 11.3 Å². The van der Waals surface area contributed by atoms with E-state index >= 15 is 0 Å². The van der Waals surface area contributed by atoms with E-state index < -0.39 is 0 Å². The van der Waals surface area contributed by atoms with Gasteiger partial charge in [-0.05, 0) is 51.1 Å². The Kier molecular flexibility index (Phi) is 6.44. The van der Waals surface area contributed by atoms with E-state index in [-0.39, 0.29) is 18.2 Å². The highest BCUT2D eigenvalue weighted by molar-refractivity contribution is 7.09. The molecule has 2 heterocycles. The lowest BCUT2D eigenvalue weighted by Crippen LogP contribution is -2.44. The summed E-state index contributed by atoms with van der Waals surface area (Å²) in [6.45, 7) is 10.4. The highest BCUT2D eigenvalue weighted by Crippen LogP contribution is 2.23. The van der Waals surface area contributed by atoms with Gasteiger partial charge in [-0.1, -0.05) is 6.07 Å². The molecule has 0 aliphatic carbocycles. The van der Waals surface area contributed by atoms with Gasteiger partial charge in [0, 0.05) is 30.1 Å². The van der Waals surface area contributed by atoms with E-state index in [0.29, 0.717) is 25.6 Å². The second kappa shape index (κ2) is 8.13. The minimum atomic E-state index is -0.0818. The monoisotopic (exact) mass is 339 g/mol. The third-order valence-electron chi connectivity index (χ3n) is 4.36. The van der Waals surface area contributed by atoms with E-state index in [4.69, 9.17) is 0 Å². The molecular weight excluding hydrogens is 310 g/mol. The molecule has 1 aliphatic rings. The first-order valence-corrected chi connectivity index (χ1v) is 9.19. The lowest BCUT2D eigenvalue weighted by molar-refractivity contribution is 0.164. The van der Waals surface area contributed by atoms with Crippen LogP contribution in [0.2, 0.25) is 0 Å². The number of rotatable bonds is 6. The molecular formula is C17H29N3O2S. The van der Waals surface area contributed by atoms with Gasteiger partial charge in [0.1, 0.15) is 0 Å². The number of urea groups is 1. The summed E-state index contributed by atoms with van der Waals surface area (Å²) in [5, 5.41) is 14.2. The van der Waals surface area contributed by atoms with Crippen LogP contribution in [-0.4, -0.2) is 59.3 Å². The van der Waals surface area contributed by atoms with Gasteiger partial charge < -0.3 is 15.3 Å². The molecule has 0 spiro atoms. The Balaban J connectivity index is 1.80. The minimum Gasteiger partial charge on any atom is -0.395 e. The van der Waals surface area contributed by atoms with E-state index in [1.807, 2.05) is 17.5 Å². The Bertz CT molecular complexity index is 485. The van der Waals surface area contributed by atoms with Crippen molar-refractivity contribution < 1.29 is 9.90 Å². The summed E-state index contributed by atoms with van der Waals surface area (Å²) in [5.74, 6) is 0.510. The third kappa shape index (κ3) is 5.48. The molecule has 1 aliphatic heterocycles. The minimum absolute atomic E-state index is 0.0139. The van der Waals surface area contributed by atoms with Crippen molar-refractivity contribution in [3.8, 4) is 0 Å².